The van der Waals surface area contributed by atoms with Gasteiger partial charge in [0.25, 0.3) is 0 Å². The molecule has 0 spiro atoms. The highest BCUT2D eigenvalue weighted by Gasteiger charge is 2.36. The molecule has 1 aliphatic rings. The highest BCUT2D eigenvalue weighted by Crippen LogP contribution is 2.41. The first-order valence-electron chi connectivity index (χ1n) is 4.83. The Kier molecular flexibility index (Phi) is 2.31. The van der Waals surface area contributed by atoms with Gasteiger partial charge in [0.05, 0.1) is 6.07 Å². The zero-order valence-corrected chi connectivity index (χ0v) is 7.61. The predicted octanol–water partition coefficient (Wildman–Crippen LogP) is 2.78. The molecule has 13 heavy (non-hydrogen) atoms. The first-order valence-corrected chi connectivity index (χ1v) is 4.83. The Balaban J connectivity index is 1.79. The standard InChI is InChI=1S/C12H13N/c13-9-12-8-11(12)7-6-10-4-2-1-3-5-10/h1-5,11-12H,6-8H2/t11-,12-/m1/s1. The van der Waals surface area contributed by atoms with E-state index in [4.69, 9.17) is 5.26 Å². The number of nitriles is 1. The molecule has 1 nitrogen and oxygen atoms in total. The molecule has 2 atom stereocenters. The van der Waals surface area contributed by atoms with E-state index in [2.05, 4.69) is 30.3 Å². The minimum atomic E-state index is 0.365. The fraction of sp³-hybridized carbons (Fsp3) is 0.417. The zero-order chi connectivity index (χ0) is 9.10. The fourth-order valence-electron chi connectivity index (χ4n) is 1.72. The molecule has 0 amide bonds. The molecule has 0 radical (unpaired) electrons. The van der Waals surface area contributed by atoms with Crippen molar-refractivity contribution in [1.29, 1.82) is 5.26 Å². The molecule has 0 unspecified atom stereocenters. The van der Waals surface area contributed by atoms with Gasteiger partial charge in [-0.05, 0) is 30.7 Å². The van der Waals surface area contributed by atoms with Crippen LogP contribution in [0, 0.1) is 23.2 Å². The molecule has 1 aromatic carbocycles. The summed E-state index contributed by atoms with van der Waals surface area (Å²) < 4.78 is 0. The van der Waals surface area contributed by atoms with E-state index < -0.39 is 0 Å². The average molecular weight is 171 g/mol. The van der Waals surface area contributed by atoms with Crippen LogP contribution in [0.15, 0.2) is 30.3 Å². The van der Waals surface area contributed by atoms with E-state index in [-0.39, 0.29) is 0 Å². The van der Waals surface area contributed by atoms with Crippen molar-refractivity contribution in [2.45, 2.75) is 19.3 Å². The van der Waals surface area contributed by atoms with Crippen molar-refractivity contribution in [1.82, 2.24) is 0 Å². The Bertz CT molecular complexity index is 310. The molecule has 0 saturated heterocycles. The summed E-state index contributed by atoms with van der Waals surface area (Å²) in [6.07, 6.45) is 3.44. The van der Waals surface area contributed by atoms with E-state index in [1.54, 1.807) is 0 Å². The van der Waals surface area contributed by atoms with Gasteiger partial charge in [-0.1, -0.05) is 30.3 Å². The highest BCUT2D eigenvalue weighted by atomic mass is 14.4. The number of benzene rings is 1. The molecule has 0 heterocycles. The van der Waals surface area contributed by atoms with Crippen LogP contribution >= 0.6 is 0 Å². The van der Waals surface area contributed by atoms with Crippen molar-refractivity contribution < 1.29 is 0 Å². The van der Waals surface area contributed by atoms with Crippen molar-refractivity contribution in [3.63, 3.8) is 0 Å². The van der Waals surface area contributed by atoms with E-state index >= 15 is 0 Å². The number of hydrogen-bond acceptors (Lipinski definition) is 1. The second-order valence-corrected chi connectivity index (χ2v) is 3.76. The summed E-state index contributed by atoms with van der Waals surface area (Å²) in [7, 11) is 0. The predicted molar refractivity (Wildman–Crippen MR) is 52.0 cm³/mol. The first kappa shape index (κ1) is 8.31. The van der Waals surface area contributed by atoms with Gasteiger partial charge < -0.3 is 0 Å². The highest BCUT2D eigenvalue weighted by molar-refractivity contribution is 5.15. The molecule has 1 aromatic rings. The van der Waals surface area contributed by atoms with Gasteiger partial charge in [0, 0.05) is 5.92 Å². The summed E-state index contributed by atoms with van der Waals surface area (Å²) in [6, 6.07) is 12.8. The molecule has 0 aliphatic heterocycles. The third-order valence-electron chi connectivity index (χ3n) is 2.74. The largest absolute Gasteiger partial charge is 0.198 e. The lowest BCUT2D eigenvalue weighted by molar-refractivity contribution is 0.699. The Hall–Kier alpha value is -1.29. The summed E-state index contributed by atoms with van der Waals surface area (Å²) >= 11 is 0. The van der Waals surface area contributed by atoms with Crippen molar-refractivity contribution in [3.8, 4) is 6.07 Å². The lowest BCUT2D eigenvalue weighted by Gasteiger charge is -1.98. The second-order valence-electron chi connectivity index (χ2n) is 3.76. The van der Waals surface area contributed by atoms with Crippen LogP contribution < -0.4 is 0 Å². The van der Waals surface area contributed by atoms with Crippen LogP contribution in [0.4, 0.5) is 0 Å². The molecule has 1 heteroatoms. The van der Waals surface area contributed by atoms with Crippen LogP contribution in [-0.4, -0.2) is 0 Å². The van der Waals surface area contributed by atoms with E-state index in [0.717, 1.165) is 12.8 Å². The van der Waals surface area contributed by atoms with Crippen molar-refractivity contribution in [2.75, 3.05) is 0 Å². The summed E-state index contributed by atoms with van der Waals surface area (Å²) in [5.74, 6) is 1.05. The number of aryl methyl sites for hydroxylation is 1. The summed E-state index contributed by atoms with van der Waals surface area (Å²) in [5, 5.41) is 8.62. The topological polar surface area (TPSA) is 23.8 Å². The molecule has 1 saturated carbocycles. The maximum absolute atomic E-state index is 8.62. The van der Waals surface area contributed by atoms with Gasteiger partial charge in [-0.15, -0.1) is 0 Å². The van der Waals surface area contributed by atoms with Gasteiger partial charge in [0.15, 0.2) is 0 Å². The molecule has 0 aromatic heterocycles. The van der Waals surface area contributed by atoms with Crippen molar-refractivity contribution in [3.05, 3.63) is 35.9 Å². The van der Waals surface area contributed by atoms with E-state index in [0.29, 0.717) is 11.8 Å². The Morgan fingerprint density at radius 3 is 2.69 bits per heavy atom. The molecule has 1 fully saturated rings. The second kappa shape index (κ2) is 3.62. The molecule has 0 bridgehead atoms. The van der Waals surface area contributed by atoms with Crippen LogP contribution in [0.1, 0.15) is 18.4 Å². The summed E-state index contributed by atoms with van der Waals surface area (Å²) in [5.41, 5.74) is 1.39. The zero-order valence-electron chi connectivity index (χ0n) is 7.61. The molecule has 0 N–H and O–H groups in total. The molecule has 2 rings (SSSR count). The van der Waals surface area contributed by atoms with E-state index in [9.17, 15) is 0 Å². The monoisotopic (exact) mass is 171 g/mol. The van der Waals surface area contributed by atoms with Gasteiger partial charge in [-0.25, -0.2) is 0 Å². The van der Waals surface area contributed by atoms with E-state index in [1.165, 1.54) is 12.0 Å². The van der Waals surface area contributed by atoms with Gasteiger partial charge in [-0.2, -0.15) is 5.26 Å². The molecule has 66 valence electrons. The SMILES string of the molecule is N#C[C@H]1C[C@H]1CCc1ccccc1. The first-order chi connectivity index (χ1) is 6.40. The summed E-state index contributed by atoms with van der Waals surface area (Å²) in [4.78, 5) is 0. The summed E-state index contributed by atoms with van der Waals surface area (Å²) in [6.45, 7) is 0. The third kappa shape index (κ3) is 2.09. The number of hydrogen-bond donors (Lipinski definition) is 0. The van der Waals surface area contributed by atoms with Crippen LogP contribution in [0.3, 0.4) is 0 Å². The number of rotatable bonds is 3. The third-order valence-corrected chi connectivity index (χ3v) is 2.74. The fourth-order valence-corrected chi connectivity index (χ4v) is 1.72. The molecular weight excluding hydrogens is 158 g/mol. The Morgan fingerprint density at radius 1 is 1.31 bits per heavy atom. The smallest absolute Gasteiger partial charge is 0.0658 e. The van der Waals surface area contributed by atoms with Gasteiger partial charge >= 0.3 is 0 Å². The quantitative estimate of drug-likeness (QED) is 0.686. The van der Waals surface area contributed by atoms with Crippen LogP contribution in [-0.2, 0) is 6.42 Å². The maximum atomic E-state index is 8.62. The maximum Gasteiger partial charge on any atom is 0.0658 e. The van der Waals surface area contributed by atoms with Gasteiger partial charge in [0.1, 0.15) is 0 Å². The van der Waals surface area contributed by atoms with Gasteiger partial charge in [0.2, 0.25) is 0 Å². The Morgan fingerprint density at radius 2 is 2.08 bits per heavy atom. The van der Waals surface area contributed by atoms with Crippen molar-refractivity contribution >= 4 is 0 Å². The normalized spacial score (nSPS) is 25.2. The minimum absolute atomic E-state index is 0.365. The van der Waals surface area contributed by atoms with Gasteiger partial charge in [-0.3, -0.25) is 0 Å². The van der Waals surface area contributed by atoms with E-state index in [1.807, 2.05) is 6.07 Å². The van der Waals surface area contributed by atoms with Crippen LogP contribution in [0.5, 0.6) is 0 Å². The molecule has 1 aliphatic carbocycles. The average Bonchev–Trinajstić information content (AvgIpc) is 2.95. The van der Waals surface area contributed by atoms with Crippen LogP contribution in [0.2, 0.25) is 0 Å². The minimum Gasteiger partial charge on any atom is -0.198 e. The Labute approximate surface area is 79.0 Å². The van der Waals surface area contributed by atoms with Crippen molar-refractivity contribution in [2.24, 2.45) is 11.8 Å². The lowest BCUT2D eigenvalue weighted by atomic mass is 10.1. The lowest BCUT2D eigenvalue weighted by Crippen LogP contribution is -1.87. The molecular formula is C12H13N. The number of nitrogens with zero attached hydrogens (tertiary/aromatic N) is 1. The van der Waals surface area contributed by atoms with Crippen LogP contribution in [0.25, 0.3) is 0 Å².